The molecular formula is C16H20N4O. The molecule has 2 fully saturated rings. The molecule has 1 aliphatic carbocycles. The number of ether oxygens (including phenoxy) is 1. The minimum Gasteiger partial charge on any atom is -0.378 e. The van der Waals surface area contributed by atoms with E-state index in [0.29, 0.717) is 5.92 Å². The number of nitrogens with one attached hydrogen (secondary N) is 1. The van der Waals surface area contributed by atoms with Crippen LogP contribution in [0.1, 0.15) is 24.5 Å². The Morgan fingerprint density at radius 1 is 1.19 bits per heavy atom. The fourth-order valence-electron chi connectivity index (χ4n) is 2.96. The number of anilines is 2. The molecule has 1 saturated heterocycles. The molecule has 1 aliphatic heterocycles. The second-order valence-corrected chi connectivity index (χ2v) is 5.81. The van der Waals surface area contributed by atoms with Crippen LogP contribution in [0.4, 0.5) is 11.4 Å². The number of morpholine rings is 1. The average molecular weight is 284 g/mol. The summed E-state index contributed by atoms with van der Waals surface area (Å²) in [7, 11) is 0. The predicted molar refractivity (Wildman–Crippen MR) is 84.6 cm³/mol. The van der Waals surface area contributed by atoms with Crippen molar-refractivity contribution in [2.45, 2.75) is 18.8 Å². The van der Waals surface area contributed by atoms with E-state index in [9.17, 15) is 0 Å². The first kappa shape index (κ1) is 12.9. The van der Waals surface area contributed by atoms with Crippen molar-refractivity contribution in [3.05, 3.63) is 30.0 Å². The summed E-state index contributed by atoms with van der Waals surface area (Å²) in [6.07, 6.45) is 2.49. The molecule has 0 atom stereocenters. The number of nitrogens with two attached hydrogens (primary N) is 1. The van der Waals surface area contributed by atoms with Gasteiger partial charge in [-0.15, -0.1) is 0 Å². The molecule has 110 valence electrons. The lowest BCUT2D eigenvalue weighted by Crippen LogP contribution is -2.36. The summed E-state index contributed by atoms with van der Waals surface area (Å²) in [5, 5.41) is 1.09. The van der Waals surface area contributed by atoms with Crippen molar-refractivity contribution in [3.8, 4) is 0 Å². The van der Waals surface area contributed by atoms with E-state index >= 15 is 0 Å². The number of aromatic nitrogens is 1. The predicted octanol–water partition coefficient (Wildman–Crippen LogP) is 2.23. The smallest absolute Gasteiger partial charge is 0.0728 e. The standard InChI is InChI=1S/C16H20N4O/c17-19-16-10-15(11-1-2-11)18-14-4-3-12(9-13(14)16)20-5-7-21-8-6-20/h3-4,9-11H,1-2,5-8,17H2,(H,18,19). The van der Waals surface area contributed by atoms with Crippen LogP contribution in [-0.2, 0) is 4.74 Å². The highest BCUT2D eigenvalue weighted by molar-refractivity contribution is 5.93. The first-order valence-corrected chi connectivity index (χ1v) is 7.59. The maximum atomic E-state index is 5.72. The number of pyridine rings is 1. The van der Waals surface area contributed by atoms with Gasteiger partial charge in [0.2, 0.25) is 0 Å². The summed E-state index contributed by atoms with van der Waals surface area (Å²) in [6.45, 7) is 3.45. The van der Waals surface area contributed by atoms with Gasteiger partial charge in [-0.3, -0.25) is 10.8 Å². The molecule has 0 bridgehead atoms. The topological polar surface area (TPSA) is 63.4 Å². The highest BCUT2D eigenvalue weighted by Crippen LogP contribution is 2.41. The zero-order chi connectivity index (χ0) is 14.2. The Labute approximate surface area is 124 Å². The van der Waals surface area contributed by atoms with Gasteiger partial charge in [0.1, 0.15) is 0 Å². The summed E-state index contributed by atoms with van der Waals surface area (Å²) in [6, 6.07) is 8.53. The van der Waals surface area contributed by atoms with E-state index in [-0.39, 0.29) is 0 Å². The van der Waals surface area contributed by atoms with E-state index in [1.54, 1.807) is 0 Å². The number of fused-ring (bicyclic) bond motifs is 1. The minimum atomic E-state index is 0.625. The molecule has 5 nitrogen and oxygen atoms in total. The van der Waals surface area contributed by atoms with Crippen LogP contribution in [0.3, 0.4) is 0 Å². The van der Waals surface area contributed by atoms with Gasteiger partial charge in [-0.25, -0.2) is 0 Å². The van der Waals surface area contributed by atoms with Crippen LogP contribution < -0.4 is 16.2 Å². The largest absolute Gasteiger partial charge is 0.378 e. The van der Waals surface area contributed by atoms with Crippen molar-refractivity contribution in [3.63, 3.8) is 0 Å². The van der Waals surface area contributed by atoms with Crippen LogP contribution in [0.2, 0.25) is 0 Å². The quantitative estimate of drug-likeness (QED) is 0.668. The van der Waals surface area contributed by atoms with Crippen molar-refractivity contribution in [2.24, 2.45) is 5.84 Å². The lowest BCUT2D eigenvalue weighted by Gasteiger charge is -2.29. The van der Waals surface area contributed by atoms with Gasteiger partial charge in [-0.1, -0.05) is 0 Å². The molecule has 0 spiro atoms. The van der Waals surface area contributed by atoms with E-state index in [1.165, 1.54) is 18.5 Å². The van der Waals surface area contributed by atoms with Crippen molar-refractivity contribution < 1.29 is 4.74 Å². The molecule has 2 aromatic rings. The fraction of sp³-hybridized carbons (Fsp3) is 0.438. The van der Waals surface area contributed by atoms with Gasteiger partial charge in [-0.2, -0.15) is 0 Å². The first-order chi connectivity index (χ1) is 10.3. The maximum absolute atomic E-state index is 5.72. The number of hydrogen-bond acceptors (Lipinski definition) is 5. The third-order valence-corrected chi connectivity index (χ3v) is 4.34. The van der Waals surface area contributed by atoms with Crippen LogP contribution in [0, 0.1) is 0 Å². The van der Waals surface area contributed by atoms with Crippen molar-refractivity contribution >= 4 is 22.3 Å². The molecule has 5 heteroatoms. The third-order valence-electron chi connectivity index (χ3n) is 4.34. The molecule has 4 rings (SSSR count). The molecule has 3 N–H and O–H groups in total. The highest BCUT2D eigenvalue weighted by atomic mass is 16.5. The average Bonchev–Trinajstić information content (AvgIpc) is 3.39. The molecule has 1 aromatic heterocycles. The molecule has 0 radical (unpaired) electrons. The molecular weight excluding hydrogens is 264 g/mol. The van der Waals surface area contributed by atoms with Gasteiger partial charge in [0, 0.05) is 35.8 Å². The maximum Gasteiger partial charge on any atom is 0.0728 e. The molecule has 0 amide bonds. The van der Waals surface area contributed by atoms with Crippen LogP contribution in [-0.4, -0.2) is 31.3 Å². The zero-order valence-electron chi connectivity index (χ0n) is 12.0. The van der Waals surface area contributed by atoms with E-state index in [0.717, 1.165) is 48.6 Å². The highest BCUT2D eigenvalue weighted by Gasteiger charge is 2.26. The normalized spacial score (nSPS) is 19.0. The van der Waals surface area contributed by atoms with E-state index in [4.69, 9.17) is 15.6 Å². The zero-order valence-corrected chi connectivity index (χ0v) is 12.0. The van der Waals surface area contributed by atoms with E-state index < -0.39 is 0 Å². The molecule has 21 heavy (non-hydrogen) atoms. The van der Waals surface area contributed by atoms with E-state index in [1.807, 2.05) is 0 Å². The lowest BCUT2D eigenvalue weighted by molar-refractivity contribution is 0.122. The second-order valence-electron chi connectivity index (χ2n) is 5.81. The number of benzene rings is 1. The summed E-state index contributed by atoms with van der Waals surface area (Å²) in [5.74, 6) is 6.35. The van der Waals surface area contributed by atoms with Crippen LogP contribution >= 0.6 is 0 Å². The number of rotatable bonds is 3. The minimum absolute atomic E-state index is 0.625. The Morgan fingerprint density at radius 3 is 2.71 bits per heavy atom. The lowest BCUT2D eigenvalue weighted by atomic mass is 10.1. The van der Waals surface area contributed by atoms with Crippen molar-refractivity contribution in [1.29, 1.82) is 0 Å². The van der Waals surface area contributed by atoms with Crippen molar-refractivity contribution in [1.82, 2.24) is 4.98 Å². The van der Waals surface area contributed by atoms with Crippen LogP contribution in [0.15, 0.2) is 24.3 Å². The first-order valence-electron chi connectivity index (χ1n) is 7.59. The molecule has 1 saturated carbocycles. The Kier molecular flexibility index (Phi) is 3.16. The summed E-state index contributed by atoms with van der Waals surface area (Å²) in [5.41, 5.74) is 7.20. The van der Waals surface area contributed by atoms with Gasteiger partial charge in [0.25, 0.3) is 0 Å². The Morgan fingerprint density at radius 2 is 2.00 bits per heavy atom. The van der Waals surface area contributed by atoms with Gasteiger partial charge in [0.15, 0.2) is 0 Å². The SMILES string of the molecule is NNc1cc(C2CC2)nc2ccc(N3CCOCC3)cc12. The number of hydrazine groups is 1. The van der Waals surface area contributed by atoms with Crippen LogP contribution in [0.25, 0.3) is 10.9 Å². The monoisotopic (exact) mass is 284 g/mol. The Balaban J connectivity index is 1.76. The van der Waals surface area contributed by atoms with Crippen molar-refractivity contribution in [2.75, 3.05) is 36.6 Å². The third kappa shape index (κ3) is 2.43. The van der Waals surface area contributed by atoms with Gasteiger partial charge >= 0.3 is 0 Å². The Hall–Kier alpha value is -1.85. The summed E-state index contributed by atoms with van der Waals surface area (Å²) in [4.78, 5) is 7.14. The molecule has 2 aliphatic rings. The second kappa shape index (κ2) is 5.16. The van der Waals surface area contributed by atoms with Gasteiger partial charge in [0.05, 0.1) is 24.4 Å². The fourth-order valence-corrected chi connectivity index (χ4v) is 2.96. The Bertz CT molecular complexity index is 663. The van der Waals surface area contributed by atoms with Gasteiger partial charge in [-0.05, 0) is 37.1 Å². The number of nitrogens with zero attached hydrogens (tertiary/aromatic N) is 2. The molecule has 2 heterocycles. The summed E-state index contributed by atoms with van der Waals surface area (Å²) >= 11 is 0. The van der Waals surface area contributed by atoms with Crippen LogP contribution in [0.5, 0.6) is 0 Å². The number of nitrogen functional groups attached to an aromatic ring is 1. The molecule has 0 unspecified atom stereocenters. The summed E-state index contributed by atoms with van der Waals surface area (Å²) < 4.78 is 5.42. The van der Waals surface area contributed by atoms with E-state index in [2.05, 4.69) is 34.6 Å². The van der Waals surface area contributed by atoms with Gasteiger partial charge < -0.3 is 15.1 Å². The molecule has 1 aromatic carbocycles. The number of hydrogen-bond donors (Lipinski definition) is 2.